The molecule has 0 saturated carbocycles. The second kappa shape index (κ2) is 7.87. The van der Waals surface area contributed by atoms with Crippen LogP contribution in [0.1, 0.15) is 40.8 Å². The Bertz CT molecular complexity index is 958. The molecule has 1 heterocycles. The number of anilines is 1. The van der Waals surface area contributed by atoms with E-state index in [-0.39, 0.29) is 34.6 Å². The van der Waals surface area contributed by atoms with Crippen molar-refractivity contribution < 1.29 is 13.2 Å². The molecule has 2 aliphatic rings. The van der Waals surface area contributed by atoms with Crippen molar-refractivity contribution in [3.8, 4) is 0 Å². The Labute approximate surface area is 180 Å². The molecule has 1 aromatic heterocycles. The predicted molar refractivity (Wildman–Crippen MR) is 102 cm³/mol. The summed E-state index contributed by atoms with van der Waals surface area (Å²) in [7, 11) is -4.06. The van der Waals surface area contributed by atoms with Gasteiger partial charge >= 0.3 is 6.03 Å². The predicted octanol–water partition coefficient (Wildman–Crippen LogP) is 1.89. The first-order chi connectivity index (χ1) is 12.4. The van der Waals surface area contributed by atoms with Crippen LogP contribution in [-0.4, -0.2) is 54.2 Å². The number of carbonyl (C=O) groups excluding carboxylic acids is 1. The van der Waals surface area contributed by atoms with Crippen molar-refractivity contribution in [2.24, 2.45) is 0 Å². The Morgan fingerprint density at radius 3 is 2.19 bits per heavy atom. The van der Waals surface area contributed by atoms with Crippen molar-refractivity contribution in [3.63, 3.8) is 0 Å². The molecule has 0 bridgehead atoms. The van der Waals surface area contributed by atoms with Crippen LogP contribution in [0.4, 0.5) is 10.5 Å². The molecule has 1 radical (unpaired) electrons. The van der Waals surface area contributed by atoms with Gasteiger partial charge in [0.05, 0.1) is 5.69 Å². The van der Waals surface area contributed by atoms with E-state index in [0.717, 1.165) is 55.3 Å². The first-order valence-electron chi connectivity index (χ1n) is 8.75. The van der Waals surface area contributed by atoms with Crippen LogP contribution in [0.15, 0.2) is 23.2 Å². The minimum Gasteiger partial charge on any atom is -0.307 e. The molecule has 0 aliphatic heterocycles. The van der Waals surface area contributed by atoms with E-state index in [0.29, 0.717) is 5.69 Å². The van der Waals surface area contributed by atoms with E-state index in [1.807, 2.05) is 4.72 Å². The van der Waals surface area contributed by atoms with Crippen molar-refractivity contribution >= 4 is 51.3 Å². The maximum absolute atomic E-state index is 12.4. The number of carbonyl (C=O) groups is 1. The van der Waals surface area contributed by atoms with E-state index < -0.39 is 16.1 Å². The molecule has 7 nitrogen and oxygen atoms in total. The minimum absolute atomic E-state index is 0. The molecule has 0 unspecified atom stereocenters. The standard InChI is InChI=1S/C18H20N4O3S.Na/c1-11-8-9-16(21-20-11)26(24,25)22-18(23)19-17-14-6-2-4-12(14)10-13-5-3-7-15(13)17;/h8-10H,2-7H2,1H3,(H2,19,22,23);. The third kappa shape index (κ3) is 4.03. The van der Waals surface area contributed by atoms with E-state index in [2.05, 4.69) is 21.6 Å². The number of amides is 2. The largest absolute Gasteiger partial charge is 0.333 e. The summed E-state index contributed by atoms with van der Waals surface area (Å²) in [5.74, 6) is 0. The Morgan fingerprint density at radius 2 is 1.63 bits per heavy atom. The average Bonchev–Trinajstić information content (AvgIpc) is 3.23. The van der Waals surface area contributed by atoms with Gasteiger partial charge in [0.15, 0.2) is 5.03 Å². The topological polar surface area (TPSA) is 101 Å². The van der Waals surface area contributed by atoms with Crippen molar-refractivity contribution in [1.82, 2.24) is 14.9 Å². The summed E-state index contributed by atoms with van der Waals surface area (Å²) >= 11 is 0. The van der Waals surface area contributed by atoms with Gasteiger partial charge in [-0.25, -0.2) is 9.52 Å². The molecule has 9 heteroatoms. The number of benzene rings is 1. The molecule has 2 aliphatic carbocycles. The third-order valence-electron chi connectivity index (χ3n) is 4.99. The molecule has 2 N–H and O–H groups in total. The molecule has 27 heavy (non-hydrogen) atoms. The zero-order valence-corrected chi connectivity index (χ0v) is 18.3. The van der Waals surface area contributed by atoms with E-state index in [1.165, 1.54) is 23.3 Å². The zero-order chi connectivity index (χ0) is 18.3. The quantitative estimate of drug-likeness (QED) is 0.773. The number of hydrogen-bond acceptors (Lipinski definition) is 5. The number of fused-ring (bicyclic) bond motifs is 2. The molecule has 1 aromatic carbocycles. The van der Waals surface area contributed by atoms with Gasteiger partial charge in [-0.1, -0.05) is 6.07 Å². The normalized spacial score (nSPS) is 14.9. The van der Waals surface area contributed by atoms with Crippen LogP contribution in [0.3, 0.4) is 0 Å². The Kier molecular flexibility index (Phi) is 5.90. The molecule has 0 atom stereocenters. The number of urea groups is 1. The monoisotopic (exact) mass is 395 g/mol. The SMILES string of the molecule is Cc1ccc(S(=O)(=O)NC(=O)Nc2c3c(cc4c2CCC4)CCC3)nn1.[Na]. The molecule has 0 fully saturated rings. The van der Waals surface area contributed by atoms with Gasteiger partial charge < -0.3 is 5.32 Å². The van der Waals surface area contributed by atoms with E-state index in [9.17, 15) is 13.2 Å². The Morgan fingerprint density at radius 1 is 1.00 bits per heavy atom. The van der Waals surface area contributed by atoms with Crippen LogP contribution in [0.2, 0.25) is 0 Å². The van der Waals surface area contributed by atoms with Crippen LogP contribution >= 0.6 is 0 Å². The summed E-state index contributed by atoms with van der Waals surface area (Å²) in [6.45, 7) is 1.71. The van der Waals surface area contributed by atoms with Gasteiger partial charge in [-0.2, -0.15) is 13.5 Å². The third-order valence-corrected chi connectivity index (χ3v) is 6.21. The van der Waals surface area contributed by atoms with Crippen molar-refractivity contribution in [2.45, 2.75) is 50.5 Å². The number of hydrogen-bond donors (Lipinski definition) is 2. The van der Waals surface area contributed by atoms with Crippen LogP contribution in [0.5, 0.6) is 0 Å². The fourth-order valence-corrected chi connectivity index (χ4v) is 4.61. The van der Waals surface area contributed by atoms with Gasteiger partial charge in [0.2, 0.25) is 0 Å². The number of sulfonamides is 1. The second-order valence-corrected chi connectivity index (χ2v) is 8.44. The molecule has 0 spiro atoms. The number of aryl methyl sites for hydroxylation is 3. The molecule has 4 rings (SSSR count). The van der Waals surface area contributed by atoms with Crippen LogP contribution in [-0.2, 0) is 35.7 Å². The van der Waals surface area contributed by atoms with Gasteiger partial charge in [0.1, 0.15) is 0 Å². The zero-order valence-electron chi connectivity index (χ0n) is 15.5. The van der Waals surface area contributed by atoms with Crippen molar-refractivity contribution in [2.75, 3.05) is 5.32 Å². The first-order valence-corrected chi connectivity index (χ1v) is 10.2. The van der Waals surface area contributed by atoms with Crippen molar-refractivity contribution in [3.05, 3.63) is 46.1 Å². The average molecular weight is 395 g/mol. The Hall–Kier alpha value is -1.48. The molecule has 2 aromatic rings. The molecule has 0 saturated heterocycles. The molecular formula is C18H20N4NaO3S. The van der Waals surface area contributed by atoms with Crippen LogP contribution in [0.25, 0.3) is 0 Å². The van der Waals surface area contributed by atoms with E-state index in [1.54, 1.807) is 6.92 Å². The molecule has 2 amide bonds. The fraction of sp³-hybridized carbons (Fsp3) is 0.389. The van der Waals surface area contributed by atoms with Gasteiger partial charge in [-0.05, 0) is 79.8 Å². The first kappa shape index (κ1) is 20.3. The van der Waals surface area contributed by atoms with Crippen LogP contribution < -0.4 is 10.0 Å². The minimum atomic E-state index is -4.06. The second-order valence-electron chi connectivity index (χ2n) is 6.81. The summed E-state index contributed by atoms with van der Waals surface area (Å²) < 4.78 is 26.7. The van der Waals surface area contributed by atoms with Gasteiger partial charge in [-0.15, -0.1) is 5.10 Å². The maximum atomic E-state index is 12.4. The summed E-state index contributed by atoms with van der Waals surface area (Å²) in [5, 5.41) is 9.90. The van der Waals surface area contributed by atoms with E-state index >= 15 is 0 Å². The number of aromatic nitrogens is 2. The smallest absolute Gasteiger partial charge is 0.307 e. The Balaban J connectivity index is 0.00000210. The number of rotatable bonds is 3. The van der Waals surface area contributed by atoms with Crippen molar-refractivity contribution in [1.29, 1.82) is 0 Å². The summed E-state index contributed by atoms with van der Waals surface area (Å²) in [6, 6.07) is 4.36. The summed E-state index contributed by atoms with van der Waals surface area (Å²) in [4.78, 5) is 12.4. The number of nitrogens with zero attached hydrogens (tertiary/aromatic N) is 2. The van der Waals surface area contributed by atoms with Gasteiger partial charge in [-0.3, -0.25) is 0 Å². The van der Waals surface area contributed by atoms with Gasteiger partial charge in [0, 0.05) is 35.2 Å². The fourth-order valence-electron chi connectivity index (χ4n) is 3.81. The van der Waals surface area contributed by atoms with Crippen LogP contribution in [0, 0.1) is 6.92 Å². The summed E-state index contributed by atoms with van der Waals surface area (Å²) in [6.07, 6.45) is 5.97. The van der Waals surface area contributed by atoms with E-state index in [4.69, 9.17) is 0 Å². The molecular weight excluding hydrogens is 375 g/mol. The maximum Gasteiger partial charge on any atom is 0.333 e. The number of nitrogens with one attached hydrogen (secondary N) is 2. The summed E-state index contributed by atoms with van der Waals surface area (Å²) in [5.41, 5.74) is 6.24. The van der Waals surface area contributed by atoms with Gasteiger partial charge in [0.25, 0.3) is 10.0 Å². The molecule has 137 valence electrons.